The monoisotopic (exact) mass is 212 g/mol. The van der Waals surface area contributed by atoms with E-state index in [1.165, 1.54) is 51.4 Å². The van der Waals surface area contributed by atoms with Gasteiger partial charge in [0.1, 0.15) is 0 Å². The van der Waals surface area contributed by atoms with Crippen LogP contribution in [0.1, 0.15) is 64.7 Å². The average molecular weight is 212 g/mol. The first-order valence-corrected chi connectivity index (χ1v) is 6.48. The van der Waals surface area contributed by atoms with Gasteiger partial charge in [-0.3, -0.25) is 4.79 Å². The quantitative estimate of drug-likeness (QED) is 0.453. The highest BCUT2D eigenvalue weighted by molar-refractivity contribution is 5.71. The first-order chi connectivity index (χ1) is 7.33. The fourth-order valence-electron chi connectivity index (χ4n) is 2.14. The van der Waals surface area contributed by atoms with Gasteiger partial charge in [-0.15, -0.1) is 0 Å². The third-order valence-electron chi connectivity index (χ3n) is 3.15. The minimum Gasteiger partial charge on any atom is -0.465 e. The molecule has 1 fully saturated rings. The van der Waals surface area contributed by atoms with Crippen molar-refractivity contribution >= 4 is 5.97 Å². The third kappa shape index (κ3) is 5.81. The van der Waals surface area contributed by atoms with E-state index in [1.807, 2.05) is 0 Å². The molecule has 2 heteroatoms. The van der Waals surface area contributed by atoms with E-state index in [2.05, 4.69) is 6.92 Å². The maximum absolute atomic E-state index is 10.8. The highest BCUT2D eigenvalue weighted by Crippen LogP contribution is 2.21. The summed E-state index contributed by atoms with van der Waals surface area (Å²) in [5.41, 5.74) is 0. The molecule has 2 nitrogen and oxygen atoms in total. The first-order valence-electron chi connectivity index (χ1n) is 6.48. The molecule has 0 radical (unpaired) electrons. The van der Waals surface area contributed by atoms with Crippen molar-refractivity contribution < 1.29 is 9.53 Å². The van der Waals surface area contributed by atoms with Crippen molar-refractivity contribution in [2.45, 2.75) is 64.7 Å². The summed E-state index contributed by atoms with van der Waals surface area (Å²) in [6.07, 6.45) is 11.3. The van der Waals surface area contributed by atoms with Gasteiger partial charge in [0, 0.05) is 5.92 Å². The molecular formula is C13H24O2. The Morgan fingerprint density at radius 2 is 1.80 bits per heavy atom. The van der Waals surface area contributed by atoms with Gasteiger partial charge in [0.05, 0.1) is 13.0 Å². The summed E-state index contributed by atoms with van der Waals surface area (Å²) in [6.45, 7) is 2.92. The topological polar surface area (TPSA) is 26.3 Å². The summed E-state index contributed by atoms with van der Waals surface area (Å²) >= 11 is 0. The number of carbonyl (C=O) groups is 1. The van der Waals surface area contributed by atoms with Gasteiger partial charge in [0.15, 0.2) is 0 Å². The summed E-state index contributed by atoms with van der Waals surface area (Å²) in [5.74, 6) is 0.524. The van der Waals surface area contributed by atoms with Gasteiger partial charge in [0.25, 0.3) is 0 Å². The summed E-state index contributed by atoms with van der Waals surface area (Å²) in [6, 6.07) is 0. The van der Waals surface area contributed by atoms with Crippen LogP contribution in [0.2, 0.25) is 0 Å². The highest BCUT2D eigenvalue weighted by atomic mass is 16.5. The molecule has 1 atom stereocenters. The number of unbranched alkanes of at least 4 members (excludes halogenated alkanes) is 6. The maximum atomic E-state index is 10.8. The van der Waals surface area contributed by atoms with Crippen molar-refractivity contribution in [2.24, 2.45) is 5.92 Å². The summed E-state index contributed by atoms with van der Waals surface area (Å²) in [4.78, 5) is 10.8. The molecule has 0 spiro atoms. The number of rotatable bonds is 8. The van der Waals surface area contributed by atoms with Gasteiger partial charge in [-0.2, -0.15) is 0 Å². The molecule has 1 aliphatic heterocycles. The van der Waals surface area contributed by atoms with Crippen molar-refractivity contribution in [3.8, 4) is 0 Å². The highest BCUT2D eigenvalue weighted by Gasteiger charge is 2.22. The van der Waals surface area contributed by atoms with Crippen LogP contribution < -0.4 is 0 Å². The van der Waals surface area contributed by atoms with Crippen LogP contribution in [0.25, 0.3) is 0 Å². The van der Waals surface area contributed by atoms with Gasteiger partial charge >= 0.3 is 5.97 Å². The van der Waals surface area contributed by atoms with Crippen LogP contribution in [-0.2, 0) is 9.53 Å². The number of hydrogen-bond donors (Lipinski definition) is 0. The van der Waals surface area contributed by atoms with Crippen LogP contribution in [-0.4, -0.2) is 12.6 Å². The fourth-order valence-corrected chi connectivity index (χ4v) is 2.14. The van der Waals surface area contributed by atoms with Crippen molar-refractivity contribution in [3.63, 3.8) is 0 Å². The van der Waals surface area contributed by atoms with Crippen LogP contribution in [0.5, 0.6) is 0 Å². The number of carbonyl (C=O) groups excluding carboxylic acids is 1. The molecule has 0 bridgehead atoms. The number of cyclic esters (lactones) is 1. The van der Waals surface area contributed by atoms with Gasteiger partial charge in [-0.25, -0.2) is 0 Å². The lowest BCUT2D eigenvalue weighted by molar-refractivity contribution is -0.137. The van der Waals surface area contributed by atoms with Gasteiger partial charge in [0.2, 0.25) is 0 Å². The molecule has 0 N–H and O–H groups in total. The molecule has 0 saturated carbocycles. The third-order valence-corrected chi connectivity index (χ3v) is 3.15. The Balaban J connectivity index is 1.83. The standard InChI is InChI=1S/C13H24O2/c1-2-3-4-5-6-7-8-9-12-10-13(14)15-11-12/h12H,2-11H2,1H3. The Morgan fingerprint density at radius 3 is 2.40 bits per heavy atom. The summed E-state index contributed by atoms with van der Waals surface area (Å²) in [7, 11) is 0. The molecule has 0 amide bonds. The fraction of sp³-hybridized carbons (Fsp3) is 0.923. The van der Waals surface area contributed by atoms with E-state index in [9.17, 15) is 4.79 Å². The normalized spacial score (nSPS) is 20.6. The summed E-state index contributed by atoms with van der Waals surface area (Å²) < 4.78 is 4.94. The van der Waals surface area contributed by atoms with Crippen molar-refractivity contribution in [3.05, 3.63) is 0 Å². The van der Waals surface area contributed by atoms with Crippen LogP contribution in [0, 0.1) is 5.92 Å². The largest absolute Gasteiger partial charge is 0.465 e. The van der Waals surface area contributed by atoms with Crippen molar-refractivity contribution in [2.75, 3.05) is 6.61 Å². The van der Waals surface area contributed by atoms with E-state index < -0.39 is 0 Å². The maximum Gasteiger partial charge on any atom is 0.306 e. The molecule has 15 heavy (non-hydrogen) atoms. The molecule has 1 unspecified atom stereocenters. The van der Waals surface area contributed by atoms with E-state index in [0.29, 0.717) is 18.9 Å². The molecule has 1 saturated heterocycles. The number of hydrogen-bond acceptors (Lipinski definition) is 2. The second kappa shape index (κ2) is 7.72. The smallest absolute Gasteiger partial charge is 0.306 e. The van der Waals surface area contributed by atoms with Crippen LogP contribution in [0.15, 0.2) is 0 Å². The Labute approximate surface area is 93.4 Å². The average Bonchev–Trinajstić information content (AvgIpc) is 2.63. The minimum atomic E-state index is 0.00273. The Hall–Kier alpha value is -0.530. The molecular weight excluding hydrogens is 188 g/mol. The summed E-state index contributed by atoms with van der Waals surface area (Å²) in [5, 5.41) is 0. The molecule has 0 aromatic heterocycles. The Bertz CT molecular complexity index is 177. The van der Waals surface area contributed by atoms with Crippen molar-refractivity contribution in [1.82, 2.24) is 0 Å². The van der Waals surface area contributed by atoms with E-state index in [0.717, 1.165) is 0 Å². The predicted molar refractivity (Wildman–Crippen MR) is 61.7 cm³/mol. The SMILES string of the molecule is CCCCCCCCCC1COC(=O)C1. The lowest BCUT2D eigenvalue weighted by Gasteiger charge is -2.05. The van der Waals surface area contributed by atoms with Crippen LogP contribution >= 0.6 is 0 Å². The van der Waals surface area contributed by atoms with Crippen molar-refractivity contribution in [1.29, 1.82) is 0 Å². The van der Waals surface area contributed by atoms with Crippen LogP contribution in [0.3, 0.4) is 0 Å². The molecule has 0 aromatic carbocycles. The first kappa shape index (κ1) is 12.5. The number of ether oxygens (including phenoxy) is 1. The van der Waals surface area contributed by atoms with Gasteiger partial charge in [-0.1, -0.05) is 51.9 Å². The second-order valence-corrected chi connectivity index (χ2v) is 4.66. The van der Waals surface area contributed by atoms with Gasteiger partial charge < -0.3 is 4.74 Å². The predicted octanol–water partition coefficient (Wildman–Crippen LogP) is 3.69. The van der Waals surface area contributed by atoms with Gasteiger partial charge in [-0.05, 0) is 6.42 Å². The molecule has 1 aliphatic rings. The molecule has 1 heterocycles. The lowest BCUT2D eigenvalue weighted by atomic mass is 9.99. The lowest BCUT2D eigenvalue weighted by Crippen LogP contribution is -1.98. The Morgan fingerprint density at radius 1 is 1.13 bits per heavy atom. The second-order valence-electron chi connectivity index (χ2n) is 4.66. The van der Waals surface area contributed by atoms with E-state index in [-0.39, 0.29) is 5.97 Å². The Kier molecular flexibility index (Phi) is 6.45. The zero-order valence-electron chi connectivity index (χ0n) is 9.96. The van der Waals surface area contributed by atoms with E-state index >= 15 is 0 Å². The van der Waals surface area contributed by atoms with E-state index in [1.54, 1.807) is 0 Å². The minimum absolute atomic E-state index is 0.00273. The molecule has 0 aliphatic carbocycles. The zero-order chi connectivity index (χ0) is 10.9. The zero-order valence-corrected chi connectivity index (χ0v) is 9.96. The molecule has 0 aromatic rings. The number of esters is 1. The van der Waals surface area contributed by atoms with Crippen LogP contribution in [0.4, 0.5) is 0 Å². The van der Waals surface area contributed by atoms with E-state index in [4.69, 9.17) is 4.74 Å². The molecule has 1 rings (SSSR count). The molecule has 88 valence electrons.